The second-order valence-electron chi connectivity index (χ2n) is 2.02. The summed E-state index contributed by atoms with van der Waals surface area (Å²) in [5.74, 6) is -1.33. The van der Waals surface area contributed by atoms with Crippen molar-refractivity contribution >= 4 is 28.2 Å². The van der Waals surface area contributed by atoms with Crippen LogP contribution in [-0.2, 0) is 4.79 Å². The summed E-state index contributed by atoms with van der Waals surface area (Å²) >= 11 is 0.927. The Morgan fingerprint density at radius 2 is 2.33 bits per heavy atom. The van der Waals surface area contributed by atoms with Crippen molar-refractivity contribution in [2.45, 2.75) is 6.92 Å². The van der Waals surface area contributed by atoms with Crippen molar-refractivity contribution in [3.63, 3.8) is 0 Å². The number of amides is 1. The van der Waals surface area contributed by atoms with E-state index in [2.05, 4.69) is 10.3 Å². The van der Waals surface area contributed by atoms with Crippen LogP contribution in [0.15, 0.2) is 6.20 Å². The van der Waals surface area contributed by atoms with Crippen LogP contribution >= 0.6 is 11.3 Å². The molecule has 1 heterocycles. The first kappa shape index (κ1) is 8.66. The number of nitrogens with zero attached hydrogens (tertiary/aromatic N) is 1. The van der Waals surface area contributed by atoms with Gasteiger partial charge in [-0.25, -0.2) is 9.78 Å². The Bertz CT molecular complexity index is 320. The summed E-state index contributed by atoms with van der Waals surface area (Å²) in [5, 5.41) is 11.3. The number of thiazole rings is 1. The predicted octanol–water partition coefficient (Wildman–Crippen LogP) is 0.800. The van der Waals surface area contributed by atoms with Crippen molar-refractivity contribution in [1.29, 1.82) is 0 Å². The molecule has 0 aliphatic carbocycles. The smallest absolute Gasteiger partial charge is 0.365 e. The Balaban J connectivity index is 2.77. The highest BCUT2D eigenvalue weighted by Gasteiger charge is 2.08. The summed E-state index contributed by atoms with van der Waals surface area (Å²) in [6.45, 7) is 1.35. The van der Waals surface area contributed by atoms with E-state index < -0.39 is 5.97 Å². The molecule has 0 atom stereocenters. The van der Waals surface area contributed by atoms with Gasteiger partial charge in [-0.3, -0.25) is 4.79 Å². The SMILES string of the molecule is CC(=O)Nc1cnc(C(=O)O)s1. The lowest BCUT2D eigenvalue weighted by atomic mass is 10.7. The highest BCUT2D eigenvalue weighted by atomic mass is 32.1. The Hall–Kier alpha value is -1.43. The first-order valence-corrected chi connectivity index (χ1v) is 3.88. The van der Waals surface area contributed by atoms with Gasteiger partial charge in [0.1, 0.15) is 5.00 Å². The molecule has 0 aliphatic rings. The molecule has 5 nitrogen and oxygen atoms in total. The predicted molar refractivity (Wildman–Crippen MR) is 43.4 cm³/mol. The normalized spacial score (nSPS) is 9.42. The first-order chi connectivity index (χ1) is 5.59. The Morgan fingerprint density at radius 1 is 1.67 bits per heavy atom. The van der Waals surface area contributed by atoms with Gasteiger partial charge in [-0.05, 0) is 0 Å². The molecule has 0 aromatic carbocycles. The topological polar surface area (TPSA) is 79.3 Å². The maximum Gasteiger partial charge on any atom is 0.365 e. The maximum absolute atomic E-state index is 10.5. The van der Waals surface area contributed by atoms with Crippen LogP contribution in [-0.4, -0.2) is 22.0 Å². The molecule has 1 aromatic heterocycles. The van der Waals surface area contributed by atoms with E-state index in [1.165, 1.54) is 13.1 Å². The van der Waals surface area contributed by atoms with Crippen molar-refractivity contribution in [1.82, 2.24) is 4.98 Å². The summed E-state index contributed by atoms with van der Waals surface area (Å²) < 4.78 is 0. The highest BCUT2D eigenvalue weighted by Crippen LogP contribution is 2.17. The zero-order valence-electron chi connectivity index (χ0n) is 6.20. The standard InChI is InChI=1S/C6H6N2O3S/c1-3(9)8-4-2-7-5(12-4)6(10)11/h2H,1H3,(H,8,9)(H,10,11). The van der Waals surface area contributed by atoms with Crippen molar-refractivity contribution < 1.29 is 14.7 Å². The van der Waals surface area contributed by atoms with Crippen LogP contribution in [0.5, 0.6) is 0 Å². The van der Waals surface area contributed by atoms with Crippen LogP contribution in [0.3, 0.4) is 0 Å². The molecule has 0 spiro atoms. The van der Waals surface area contributed by atoms with E-state index in [4.69, 9.17) is 5.11 Å². The van der Waals surface area contributed by atoms with Gasteiger partial charge in [-0.15, -0.1) is 0 Å². The van der Waals surface area contributed by atoms with E-state index in [0.29, 0.717) is 5.00 Å². The van der Waals surface area contributed by atoms with Gasteiger partial charge < -0.3 is 10.4 Å². The van der Waals surface area contributed by atoms with E-state index in [1.54, 1.807) is 0 Å². The molecule has 0 aliphatic heterocycles. The molecular weight excluding hydrogens is 180 g/mol. The molecule has 0 bridgehead atoms. The van der Waals surface area contributed by atoms with Crippen LogP contribution in [0.4, 0.5) is 5.00 Å². The number of aromatic nitrogens is 1. The molecule has 6 heteroatoms. The molecule has 0 radical (unpaired) electrons. The van der Waals surface area contributed by atoms with Gasteiger partial charge >= 0.3 is 5.97 Å². The van der Waals surface area contributed by atoms with E-state index in [-0.39, 0.29) is 10.9 Å². The Labute approximate surface area is 72.1 Å². The Kier molecular flexibility index (Phi) is 2.39. The van der Waals surface area contributed by atoms with Crippen LogP contribution in [0.2, 0.25) is 0 Å². The second-order valence-corrected chi connectivity index (χ2v) is 3.05. The van der Waals surface area contributed by atoms with Crippen LogP contribution < -0.4 is 5.32 Å². The van der Waals surface area contributed by atoms with E-state index in [0.717, 1.165) is 11.3 Å². The van der Waals surface area contributed by atoms with Gasteiger partial charge in [0.15, 0.2) is 0 Å². The third-order valence-corrected chi connectivity index (χ3v) is 1.89. The van der Waals surface area contributed by atoms with Crippen LogP contribution in [0.25, 0.3) is 0 Å². The zero-order valence-corrected chi connectivity index (χ0v) is 7.01. The average molecular weight is 186 g/mol. The lowest BCUT2D eigenvalue weighted by Crippen LogP contribution is -2.03. The number of aromatic carboxylic acids is 1. The number of carbonyl (C=O) groups is 2. The van der Waals surface area contributed by atoms with Crippen LogP contribution in [0, 0.1) is 0 Å². The molecule has 12 heavy (non-hydrogen) atoms. The fourth-order valence-corrected chi connectivity index (χ4v) is 1.31. The van der Waals surface area contributed by atoms with Crippen molar-refractivity contribution in [3.8, 4) is 0 Å². The number of nitrogens with one attached hydrogen (secondary N) is 1. The van der Waals surface area contributed by atoms with Gasteiger partial charge in [-0.1, -0.05) is 11.3 Å². The first-order valence-electron chi connectivity index (χ1n) is 3.06. The largest absolute Gasteiger partial charge is 0.476 e. The Morgan fingerprint density at radius 3 is 2.75 bits per heavy atom. The number of anilines is 1. The molecule has 0 saturated heterocycles. The van der Waals surface area contributed by atoms with Crippen molar-refractivity contribution in [3.05, 3.63) is 11.2 Å². The number of carbonyl (C=O) groups excluding carboxylic acids is 1. The van der Waals surface area contributed by atoms with Gasteiger partial charge in [0.05, 0.1) is 6.20 Å². The molecule has 64 valence electrons. The third-order valence-electron chi connectivity index (χ3n) is 0.988. The fourth-order valence-electron chi connectivity index (χ4n) is 0.604. The van der Waals surface area contributed by atoms with Crippen molar-refractivity contribution in [2.75, 3.05) is 5.32 Å². The minimum atomic E-state index is -1.09. The molecule has 0 unspecified atom stereocenters. The maximum atomic E-state index is 10.5. The summed E-state index contributed by atoms with van der Waals surface area (Å²) in [4.78, 5) is 24.4. The van der Waals surface area contributed by atoms with Gasteiger partial charge in [0.2, 0.25) is 10.9 Å². The lowest BCUT2D eigenvalue weighted by Gasteiger charge is -1.91. The number of hydrogen-bond acceptors (Lipinski definition) is 4. The van der Waals surface area contributed by atoms with Gasteiger partial charge in [-0.2, -0.15) is 0 Å². The fraction of sp³-hybridized carbons (Fsp3) is 0.167. The highest BCUT2D eigenvalue weighted by molar-refractivity contribution is 7.17. The third kappa shape index (κ3) is 2.03. The number of carboxylic acid groups (broad SMARTS) is 1. The van der Waals surface area contributed by atoms with E-state index in [9.17, 15) is 9.59 Å². The number of carboxylic acids is 1. The zero-order chi connectivity index (χ0) is 9.14. The summed E-state index contributed by atoms with van der Waals surface area (Å²) in [6, 6.07) is 0. The molecule has 0 saturated carbocycles. The van der Waals surface area contributed by atoms with Crippen molar-refractivity contribution in [2.24, 2.45) is 0 Å². The van der Waals surface area contributed by atoms with E-state index in [1.807, 2.05) is 0 Å². The number of rotatable bonds is 2. The summed E-state index contributed by atoms with van der Waals surface area (Å²) in [5.41, 5.74) is 0. The molecule has 1 aromatic rings. The minimum Gasteiger partial charge on any atom is -0.476 e. The minimum absolute atomic E-state index is 0.0289. The van der Waals surface area contributed by atoms with Gasteiger partial charge in [0.25, 0.3) is 0 Å². The molecule has 1 rings (SSSR count). The monoisotopic (exact) mass is 186 g/mol. The summed E-state index contributed by atoms with van der Waals surface area (Å²) in [6.07, 6.45) is 1.32. The quantitative estimate of drug-likeness (QED) is 0.716. The molecule has 0 fully saturated rings. The van der Waals surface area contributed by atoms with Gasteiger partial charge in [0, 0.05) is 6.92 Å². The van der Waals surface area contributed by atoms with Crippen LogP contribution in [0.1, 0.15) is 16.7 Å². The van der Waals surface area contributed by atoms with E-state index >= 15 is 0 Å². The molecule has 1 amide bonds. The molecular formula is C6H6N2O3S. The average Bonchev–Trinajstić information content (AvgIpc) is 2.34. The second kappa shape index (κ2) is 3.31. The summed E-state index contributed by atoms with van der Waals surface area (Å²) in [7, 11) is 0. The molecule has 2 N–H and O–H groups in total. The lowest BCUT2D eigenvalue weighted by molar-refractivity contribution is -0.114. The number of hydrogen-bond donors (Lipinski definition) is 2.